The summed E-state index contributed by atoms with van der Waals surface area (Å²) in [4.78, 5) is 3.05. The number of rotatable bonds is 0. The first-order chi connectivity index (χ1) is 5.29. The van der Waals surface area contributed by atoms with E-state index in [1.807, 2.05) is 13.1 Å². The smallest absolute Gasteiger partial charge is 0.161 e. The van der Waals surface area contributed by atoms with Crippen molar-refractivity contribution in [3.63, 3.8) is 0 Å². The third-order valence-corrected chi connectivity index (χ3v) is 1.92. The van der Waals surface area contributed by atoms with E-state index in [1.54, 1.807) is 6.20 Å². The lowest BCUT2D eigenvalue weighted by Gasteiger charge is -1.90. The average Bonchev–Trinajstić information content (AvgIpc) is 2.34. The van der Waals surface area contributed by atoms with Crippen molar-refractivity contribution in [2.45, 2.75) is 6.92 Å². The van der Waals surface area contributed by atoms with Crippen LogP contribution in [-0.2, 0) is 0 Å². The first kappa shape index (κ1) is 6.61. The van der Waals surface area contributed by atoms with Crippen LogP contribution in [-0.4, -0.2) is 15.2 Å². The van der Waals surface area contributed by atoms with Crippen LogP contribution in [0.25, 0.3) is 10.8 Å². The van der Waals surface area contributed by atoms with Gasteiger partial charge in [0.1, 0.15) is 0 Å². The zero-order valence-corrected chi connectivity index (χ0v) is 6.68. The van der Waals surface area contributed by atoms with Crippen molar-refractivity contribution in [1.29, 1.82) is 0 Å². The molecule has 0 radical (unpaired) electrons. The Bertz CT molecular complexity index is 393. The summed E-state index contributed by atoms with van der Waals surface area (Å²) in [6, 6.07) is 0. The number of aromatic amines is 1. The molecule has 2 heterocycles. The molecule has 3 nitrogen and oxygen atoms in total. The fourth-order valence-electron chi connectivity index (χ4n) is 1.11. The second-order valence-corrected chi connectivity index (χ2v) is 2.74. The van der Waals surface area contributed by atoms with Gasteiger partial charge in [0, 0.05) is 22.7 Å². The van der Waals surface area contributed by atoms with Gasteiger partial charge in [-0.1, -0.05) is 11.6 Å². The quantitative estimate of drug-likeness (QED) is 0.652. The van der Waals surface area contributed by atoms with E-state index in [-0.39, 0.29) is 0 Å². The van der Waals surface area contributed by atoms with E-state index >= 15 is 0 Å². The van der Waals surface area contributed by atoms with Crippen LogP contribution in [0.15, 0.2) is 12.4 Å². The molecule has 0 aromatic carbocycles. The maximum Gasteiger partial charge on any atom is 0.161 e. The monoisotopic (exact) mass is 167 g/mol. The van der Waals surface area contributed by atoms with Gasteiger partial charge >= 0.3 is 0 Å². The van der Waals surface area contributed by atoms with Crippen molar-refractivity contribution in [2.24, 2.45) is 0 Å². The van der Waals surface area contributed by atoms with E-state index in [4.69, 9.17) is 11.6 Å². The van der Waals surface area contributed by atoms with Crippen molar-refractivity contribution in [3.8, 4) is 0 Å². The van der Waals surface area contributed by atoms with Gasteiger partial charge in [0.2, 0.25) is 0 Å². The van der Waals surface area contributed by atoms with Crippen molar-refractivity contribution in [3.05, 3.63) is 23.2 Å². The highest BCUT2D eigenvalue weighted by Crippen LogP contribution is 2.22. The van der Waals surface area contributed by atoms with Crippen LogP contribution in [0.2, 0.25) is 5.15 Å². The van der Waals surface area contributed by atoms with Crippen LogP contribution < -0.4 is 0 Å². The molecular weight excluding hydrogens is 162 g/mol. The molecular formula is C7H6ClN3. The number of fused-ring (bicyclic) bond motifs is 1. The van der Waals surface area contributed by atoms with Crippen LogP contribution in [0.4, 0.5) is 0 Å². The summed E-state index contributed by atoms with van der Waals surface area (Å²) in [7, 11) is 0. The molecule has 0 fully saturated rings. The normalized spacial score (nSPS) is 10.7. The van der Waals surface area contributed by atoms with Crippen LogP contribution in [0, 0.1) is 6.92 Å². The third kappa shape index (κ3) is 0.886. The molecule has 4 heteroatoms. The van der Waals surface area contributed by atoms with Gasteiger partial charge in [0.05, 0.1) is 6.20 Å². The fraction of sp³-hybridized carbons (Fsp3) is 0.143. The lowest BCUT2D eigenvalue weighted by atomic mass is 10.3. The minimum atomic E-state index is 0.459. The lowest BCUT2D eigenvalue weighted by molar-refractivity contribution is 1.05. The zero-order chi connectivity index (χ0) is 7.84. The number of aromatic nitrogens is 3. The molecule has 0 aliphatic heterocycles. The molecule has 0 saturated heterocycles. The van der Waals surface area contributed by atoms with Gasteiger partial charge in [-0.25, -0.2) is 0 Å². The molecule has 0 aliphatic rings. The van der Waals surface area contributed by atoms with Crippen LogP contribution in [0.3, 0.4) is 0 Å². The topological polar surface area (TPSA) is 41.6 Å². The van der Waals surface area contributed by atoms with Gasteiger partial charge < -0.3 is 4.98 Å². The van der Waals surface area contributed by atoms with E-state index in [9.17, 15) is 0 Å². The lowest BCUT2D eigenvalue weighted by Crippen LogP contribution is -1.81. The number of nitrogens with zero attached hydrogens (tertiary/aromatic N) is 2. The maximum absolute atomic E-state index is 5.81. The number of aryl methyl sites for hydroxylation is 1. The largest absolute Gasteiger partial charge is 0.364 e. The first-order valence-electron chi connectivity index (χ1n) is 3.24. The Labute approximate surface area is 68.4 Å². The summed E-state index contributed by atoms with van der Waals surface area (Å²) >= 11 is 5.81. The molecule has 56 valence electrons. The standard InChI is InChI=1S/C7H6ClN3/c1-4-6-5(2-9-4)3-10-11-7(6)8/h2-3,9H,1H3. The minimum Gasteiger partial charge on any atom is -0.364 e. The predicted octanol–water partition coefficient (Wildman–Crippen LogP) is 1.92. The Kier molecular flexibility index (Phi) is 1.32. The highest BCUT2D eigenvalue weighted by Gasteiger charge is 2.03. The molecule has 1 N–H and O–H groups in total. The molecule has 0 spiro atoms. The zero-order valence-electron chi connectivity index (χ0n) is 5.93. The maximum atomic E-state index is 5.81. The number of halogens is 1. The van der Waals surface area contributed by atoms with Gasteiger partial charge in [-0.2, -0.15) is 5.10 Å². The molecule has 0 unspecified atom stereocenters. The average molecular weight is 168 g/mol. The van der Waals surface area contributed by atoms with Crippen LogP contribution in [0.5, 0.6) is 0 Å². The Morgan fingerprint density at radius 1 is 1.55 bits per heavy atom. The highest BCUT2D eigenvalue weighted by molar-refractivity contribution is 6.34. The van der Waals surface area contributed by atoms with Crippen LogP contribution in [0.1, 0.15) is 5.69 Å². The van der Waals surface area contributed by atoms with E-state index < -0.39 is 0 Å². The Hall–Kier alpha value is -1.09. The molecule has 0 aliphatic carbocycles. The Morgan fingerprint density at radius 2 is 2.36 bits per heavy atom. The minimum absolute atomic E-state index is 0.459. The first-order valence-corrected chi connectivity index (χ1v) is 3.61. The van der Waals surface area contributed by atoms with E-state index in [2.05, 4.69) is 15.2 Å². The fourth-order valence-corrected chi connectivity index (χ4v) is 1.41. The second kappa shape index (κ2) is 2.20. The third-order valence-electron chi connectivity index (χ3n) is 1.66. The summed E-state index contributed by atoms with van der Waals surface area (Å²) in [6.45, 7) is 1.95. The second-order valence-electron chi connectivity index (χ2n) is 2.38. The molecule has 0 saturated carbocycles. The Morgan fingerprint density at radius 3 is 3.09 bits per heavy atom. The van der Waals surface area contributed by atoms with Gasteiger partial charge in [-0.05, 0) is 6.92 Å². The number of hydrogen-bond acceptors (Lipinski definition) is 2. The SMILES string of the molecule is Cc1[nH]cc2cnnc(Cl)c12. The van der Waals surface area contributed by atoms with Crippen molar-refractivity contribution in [1.82, 2.24) is 15.2 Å². The number of hydrogen-bond donors (Lipinski definition) is 1. The van der Waals surface area contributed by atoms with Crippen molar-refractivity contribution >= 4 is 22.4 Å². The molecule has 2 aromatic heterocycles. The molecule has 0 atom stereocenters. The molecule has 0 bridgehead atoms. The Balaban J connectivity index is 2.96. The summed E-state index contributed by atoms with van der Waals surface area (Å²) in [5.41, 5.74) is 1.03. The van der Waals surface area contributed by atoms with Crippen molar-refractivity contribution in [2.75, 3.05) is 0 Å². The number of nitrogens with one attached hydrogen (secondary N) is 1. The van der Waals surface area contributed by atoms with E-state index in [0.717, 1.165) is 16.5 Å². The summed E-state index contributed by atoms with van der Waals surface area (Å²) in [5.74, 6) is 0. The van der Waals surface area contributed by atoms with Crippen molar-refractivity contribution < 1.29 is 0 Å². The van der Waals surface area contributed by atoms with Crippen LogP contribution >= 0.6 is 11.6 Å². The molecule has 2 aromatic rings. The van der Waals surface area contributed by atoms with Gasteiger partial charge in [-0.3, -0.25) is 0 Å². The predicted molar refractivity (Wildman–Crippen MR) is 43.6 cm³/mol. The highest BCUT2D eigenvalue weighted by atomic mass is 35.5. The van der Waals surface area contributed by atoms with Gasteiger partial charge in [0.15, 0.2) is 5.15 Å². The summed E-state index contributed by atoms with van der Waals surface area (Å²) in [6.07, 6.45) is 3.55. The molecule has 0 amide bonds. The number of H-pyrrole nitrogens is 1. The molecule has 2 rings (SSSR count). The van der Waals surface area contributed by atoms with Gasteiger partial charge in [-0.15, -0.1) is 5.10 Å². The molecule has 11 heavy (non-hydrogen) atoms. The summed E-state index contributed by atoms with van der Waals surface area (Å²) in [5, 5.41) is 9.88. The van der Waals surface area contributed by atoms with Gasteiger partial charge in [0.25, 0.3) is 0 Å². The van der Waals surface area contributed by atoms with E-state index in [1.165, 1.54) is 0 Å². The van der Waals surface area contributed by atoms with E-state index in [0.29, 0.717) is 5.15 Å². The summed E-state index contributed by atoms with van der Waals surface area (Å²) < 4.78 is 0.